The van der Waals surface area contributed by atoms with Crippen molar-refractivity contribution < 1.29 is 4.79 Å². The average Bonchev–Trinajstić information content (AvgIpc) is 3.09. The number of H-pyrrole nitrogens is 1. The minimum atomic E-state index is 0.0263. The van der Waals surface area contributed by atoms with Crippen LogP contribution in [0.4, 0.5) is 5.69 Å². The molecule has 3 rings (SSSR count). The Kier molecular flexibility index (Phi) is 3.23. The number of nitrogens with one attached hydrogen (secondary N) is 3. The van der Waals surface area contributed by atoms with Gasteiger partial charge in [-0.2, -0.15) is 0 Å². The van der Waals surface area contributed by atoms with Gasteiger partial charge in [-0.1, -0.05) is 0 Å². The molecule has 4 nitrogen and oxygen atoms in total. The second kappa shape index (κ2) is 5.18. The normalized spacial score (nSPS) is 14.1. The molecule has 3 N–H and O–H groups in total. The largest absolute Gasteiger partial charge is 0.379 e. The Morgan fingerprint density at radius 1 is 1.21 bits per heavy atom. The fourth-order valence-electron chi connectivity index (χ4n) is 1.91. The van der Waals surface area contributed by atoms with Crippen LogP contribution in [-0.2, 0) is 6.54 Å². The maximum atomic E-state index is 11.8. The summed E-state index contributed by atoms with van der Waals surface area (Å²) in [7, 11) is 0. The summed E-state index contributed by atoms with van der Waals surface area (Å²) in [6.07, 6.45) is 4.13. The first-order valence-corrected chi connectivity index (χ1v) is 6.58. The Morgan fingerprint density at radius 3 is 2.63 bits per heavy atom. The number of carbonyl (C=O) groups is 1. The van der Waals surface area contributed by atoms with E-state index in [0.29, 0.717) is 6.04 Å². The first-order valence-electron chi connectivity index (χ1n) is 6.58. The summed E-state index contributed by atoms with van der Waals surface area (Å²) in [5.74, 6) is 0.0263. The zero-order valence-corrected chi connectivity index (χ0v) is 10.6. The lowest BCUT2D eigenvalue weighted by atomic mass is 10.2. The smallest absolute Gasteiger partial charge is 0.251 e. The highest BCUT2D eigenvalue weighted by Gasteiger charge is 2.23. The Labute approximate surface area is 112 Å². The number of aromatic amines is 1. The predicted octanol–water partition coefficient (Wildman–Crippen LogP) is 2.52. The summed E-state index contributed by atoms with van der Waals surface area (Å²) in [5, 5.41) is 6.28. The molecule has 4 heteroatoms. The van der Waals surface area contributed by atoms with E-state index in [1.165, 1.54) is 0 Å². The number of carbonyl (C=O) groups excluding carboxylic acids is 1. The van der Waals surface area contributed by atoms with Gasteiger partial charge < -0.3 is 15.6 Å². The molecule has 0 spiro atoms. The summed E-state index contributed by atoms with van der Waals surface area (Å²) in [6.45, 7) is 0.751. The number of aromatic nitrogens is 1. The van der Waals surface area contributed by atoms with Crippen molar-refractivity contribution in [2.75, 3.05) is 5.32 Å². The van der Waals surface area contributed by atoms with Gasteiger partial charge in [-0.25, -0.2) is 0 Å². The van der Waals surface area contributed by atoms with Crippen molar-refractivity contribution in [3.05, 3.63) is 53.9 Å². The third kappa shape index (κ3) is 3.16. The van der Waals surface area contributed by atoms with E-state index in [1.54, 1.807) is 0 Å². The van der Waals surface area contributed by atoms with Gasteiger partial charge in [0.2, 0.25) is 0 Å². The van der Waals surface area contributed by atoms with E-state index in [-0.39, 0.29) is 5.91 Å². The Balaban J connectivity index is 1.57. The maximum Gasteiger partial charge on any atom is 0.251 e. The molecule has 1 aliphatic rings. The zero-order valence-electron chi connectivity index (χ0n) is 10.6. The monoisotopic (exact) mass is 255 g/mol. The molecule has 0 bridgehead atoms. The molecule has 1 amide bonds. The van der Waals surface area contributed by atoms with Crippen LogP contribution < -0.4 is 10.6 Å². The highest BCUT2D eigenvalue weighted by atomic mass is 16.1. The lowest BCUT2D eigenvalue weighted by Crippen LogP contribution is -2.25. The number of amides is 1. The van der Waals surface area contributed by atoms with Gasteiger partial charge in [-0.05, 0) is 49.2 Å². The van der Waals surface area contributed by atoms with E-state index in [4.69, 9.17) is 0 Å². The van der Waals surface area contributed by atoms with E-state index in [1.807, 2.05) is 42.6 Å². The second-order valence-corrected chi connectivity index (χ2v) is 4.87. The van der Waals surface area contributed by atoms with Crippen molar-refractivity contribution in [2.45, 2.75) is 25.4 Å². The van der Waals surface area contributed by atoms with Gasteiger partial charge in [0.05, 0.1) is 6.54 Å². The third-order valence-corrected chi connectivity index (χ3v) is 3.20. The number of hydrogen-bond acceptors (Lipinski definition) is 2. The van der Waals surface area contributed by atoms with E-state index in [0.717, 1.165) is 36.3 Å². The molecule has 2 aromatic rings. The summed E-state index contributed by atoms with van der Waals surface area (Å²) in [4.78, 5) is 15.0. The molecule has 19 heavy (non-hydrogen) atoms. The van der Waals surface area contributed by atoms with Crippen LogP contribution in [0.5, 0.6) is 0 Å². The highest BCUT2D eigenvalue weighted by molar-refractivity contribution is 5.94. The van der Waals surface area contributed by atoms with E-state index >= 15 is 0 Å². The molecule has 1 heterocycles. The van der Waals surface area contributed by atoms with Gasteiger partial charge in [-0.3, -0.25) is 4.79 Å². The van der Waals surface area contributed by atoms with E-state index < -0.39 is 0 Å². The number of benzene rings is 1. The minimum absolute atomic E-state index is 0.0263. The fourth-order valence-corrected chi connectivity index (χ4v) is 1.91. The molecule has 0 aliphatic heterocycles. The average molecular weight is 255 g/mol. The molecular formula is C15H17N3O. The van der Waals surface area contributed by atoms with E-state index in [2.05, 4.69) is 15.6 Å². The molecule has 0 unspecified atom stereocenters. The van der Waals surface area contributed by atoms with Gasteiger partial charge >= 0.3 is 0 Å². The van der Waals surface area contributed by atoms with Gasteiger partial charge in [0.15, 0.2) is 0 Å². The van der Waals surface area contributed by atoms with E-state index in [9.17, 15) is 4.79 Å². The molecule has 98 valence electrons. The van der Waals surface area contributed by atoms with Crippen LogP contribution in [0.25, 0.3) is 0 Å². The van der Waals surface area contributed by atoms with Crippen LogP contribution in [0, 0.1) is 0 Å². The number of hydrogen-bond donors (Lipinski definition) is 3. The summed E-state index contributed by atoms with van der Waals surface area (Å²) < 4.78 is 0. The molecule has 0 atom stereocenters. The molecule has 1 aromatic carbocycles. The fraction of sp³-hybridized carbons (Fsp3) is 0.267. The highest BCUT2D eigenvalue weighted by Crippen LogP contribution is 2.19. The summed E-state index contributed by atoms with van der Waals surface area (Å²) in [6, 6.07) is 12.0. The van der Waals surface area contributed by atoms with Crippen molar-refractivity contribution in [1.82, 2.24) is 10.3 Å². The first-order chi connectivity index (χ1) is 9.31. The standard InChI is InChI=1S/C15H17N3O/c19-15(18-13-7-8-13)11-3-5-12(6-4-11)17-10-14-2-1-9-16-14/h1-6,9,13,16-17H,7-8,10H2,(H,18,19). The van der Waals surface area contributed by atoms with Gasteiger partial charge in [-0.15, -0.1) is 0 Å². The SMILES string of the molecule is O=C(NC1CC1)c1ccc(NCc2ccc[nH]2)cc1. The minimum Gasteiger partial charge on any atom is -0.379 e. The predicted molar refractivity (Wildman–Crippen MR) is 75.0 cm³/mol. The molecule has 1 aromatic heterocycles. The molecule has 1 saturated carbocycles. The molecular weight excluding hydrogens is 238 g/mol. The van der Waals surface area contributed by atoms with Crippen LogP contribution in [0.1, 0.15) is 28.9 Å². The Morgan fingerprint density at radius 2 is 2.00 bits per heavy atom. The van der Waals surface area contributed by atoms with Gasteiger partial charge in [0.25, 0.3) is 5.91 Å². The maximum absolute atomic E-state index is 11.8. The molecule has 1 fully saturated rings. The van der Waals surface area contributed by atoms with Crippen molar-refractivity contribution in [3.8, 4) is 0 Å². The zero-order chi connectivity index (χ0) is 13.1. The lowest BCUT2D eigenvalue weighted by molar-refractivity contribution is 0.0951. The molecule has 1 aliphatic carbocycles. The van der Waals surface area contributed by atoms with Crippen molar-refractivity contribution in [2.24, 2.45) is 0 Å². The first kappa shape index (κ1) is 11.8. The van der Waals surface area contributed by atoms with Crippen molar-refractivity contribution in [1.29, 1.82) is 0 Å². The van der Waals surface area contributed by atoms with Crippen LogP contribution in [0.15, 0.2) is 42.6 Å². The molecule has 0 saturated heterocycles. The van der Waals surface area contributed by atoms with Crippen LogP contribution in [-0.4, -0.2) is 16.9 Å². The lowest BCUT2D eigenvalue weighted by Gasteiger charge is -2.07. The van der Waals surface area contributed by atoms with Gasteiger partial charge in [0, 0.05) is 29.2 Å². The molecule has 0 radical (unpaired) electrons. The Bertz CT molecular complexity index is 541. The topological polar surface area (TPSA) is 56.9 Å². The number of anilines is 1. The third-order valence-electron chi connectivity index (χ3n) is 3.20. The van der Waals surface area contributed by atoms with Crippen LogP contribution in [0.2, 0.25) is 0 Å². The van der Waals surface area contributed by atoms with Crippen LogP contribution in [0.3, 0.4) is 0 Å². The van der Waals surface area contributed by atoms with Crippen LogP contribution >= 0.6 is 0 Å². The Hall–Kier alpha value is -2.23. The quantitative estimate of drug-likeness (QED) is 0.769. The van der Waals surface area contributed by atoms with Gasteiger partial charge in [0.1, 0.15) is 0 Å². The second-order valence-electron chi connectivity index (χ2n) is 4.87. The van der Waals surface area contributed by atoms with Crippen molar-refractivity contribution in [3.63, 3.8) is 0 Å². The summed E-state index contributed by atoms with van der Waals surface area (Å²) >= 11 is 0. The number of rotatable bonds is 5. The van der Waals surface area contributed by atoms with Crippen molar-refractivity contribution >= 4 is 11.6 Å². The summed E-state index contributed by atoms with van der Waals surface area (Å²) in [5.41, 5.74) is 2.87.